The van der Waals surface area contributed by atoms with Crippen LogP contribution >= 0.6 is 0 Å². The zero-order valence-electron chi connectivity index (χ0n) is 19.3. The van der Waals surface area contributed by atoms with Gasteiger partial charge in [-0.2, -0.15) is 0 Å². The van der Waals surface area contributed by atoms with E-state index in [4.69, 9.17) is 4.84 Å². The van der Waals surface area contributed by atoms with Crippen LogP contribution in [0.2, 0.25) is 0 Å². The van der Waals surface area contributed by atoms with Gasteiger partial charge in [0.1, 0.15) is 0 Å². The number of pyridine rings is 1. The predicted octanol–water partition coefficient (Wildman–Crippen LogP) is 0.0301. The predicted molar refractivity (Wildman–Crippen MR) is 134 cm³/mol. The molecule has 2 N–H and O–H groups in total. The molecule has 0 aliphatic carbocycles. The van der Waals surface area contributed by atoms with Gasteiger partial charge in [-0.1, -0.05) is 0 Å². The summed E-state index contributed by atoms with van der Waals surface area (Å²) in [5, 5.41) is 9.75. The van der Waals surface area contributed by atoms with Gasteiger partial charge >= 0.3 is 209 Å². The first-order valence-corrected chi connectivity index (χ1v) is 12.4. The van der Waals surface area contributed by atoms with Crippen LogP contribution in [0.15, 0.2) is 41.2 Å². The Bertz CT molecular complexity index is 1510. The van der Waals surface area contributed by atoms with E-state index >= 15 is 0 Å². The number of aliphatic hydroxyl groups is 1. The summed E-state index contributed by atoms with van der Waals surface area (Å²) in [4.78, 5) is 43.2. The molecule has 11 heteroatoms. The van der Waals surface area contributed by atoms with Crippen LogP contribution in [0.3, 0.4) is 0 Å². The van der Waals surface area contributed by atoms with Crippen molar-refractivity contribution < 1.29 is 19.1 Å². The summed E-state index contributed by atoms with van der Waals surface area (Å²) in [5.74, 6) is -1.33. The number of piperazine rings is 1. The Hall–Kier alpha value is -3.20. The van der Waals surface area contributed by atoms with E-state index < -0.39 is 23.4 Å². The molecule has 0 radical (unpaired) electrons. The summed E-state index contributed by atoms with van der Waals surface area (Å²) >= 11 is 1.05. The summed E-state index contributed by atoms with van der Waals surface area (Å²) in [6, 6.07) is 10.1. The second-order valence-corrected chi connectivity index (χ2v) is 9.90. The molecule has 0 bridgehead atoms. The molecule has 1 fully saturated rings. The number of carbonyl (C=O) groups excluding carboxylic acids is 1. The van der Waals surface area contributed by atoms with E-state index in [9.17, 15) is 19.1 Å². The number of H-pyrrole nitrogens is 1. The number of likely N-dealkylation sites (N-methyl/N-ethyl adjacent to an activating group) is 1. The molecule has 0 spiro atoms. The number of benzene rings is 2. The molecule has 2 aromatic carbocycles. The summed E-state index contributed by atoms with van der Waals surface area (Å²) in [6.45, 7) is 5.00. The van der Waals surface area contributed by atoms with Crippen molar-refractivity contribution in [2.75, 3.05) is 38.1 Å². The number of fused-ring (bicyclic) bond motifs is 2. The van der Waals surface area contributed by atoms with Crippen LogP contribution in [0.1, 0.15) is 6.92 Å². The normalized spacial score (nSPS) is 15.6. The van der Waals surface area contributed by atoms with Gasteiger partial charge in [0, 0.05) is 0 Å². The number of nitrogens with zero attached hydrogens (tertiary/aromatic N) is 4. The van der Waals surface area contributed by atoms with Crippen LogP contribution in [0.4, 0.5) is 10.1 Å². The van der Waals surface area contributed by atoms with Crippen LogP contribution in [-0.4, -0.2) is 86.9 Å². The maximum atomic E-state index is 14.9. The molecule has 35 heavy (non-hydrogen) atoms. The molecule has 182 valence electrons. The van der Waals surface area contributed by atoms with Crippen LogP contribution in [0.5, 0.6) is 0 Å². The molecular weight excluding hydrogens is 516 g/mol. The van der Waals surface area contributed by atoms with Gasteiger partial charge in [0.15, 0.2) is 0 Å². The quantitative estimate of drug-likeness (QED) is 0.352. The van der Waals surface area contributed by atoms with Gasteiger partial charge in [-0.25, -0.2) is 0 Å². The number of rotatable bonds is 4. The molecule has 1 aliphatic heterocycles. The summed E-state index contributed by atoms with van der Waals surface area (Å²) in [6.07, 6.45) is -1.46. The number of nitrogens with one attached hydrogen (secondary N) is 1. The molecule has 4 aromatic rings. The van der Waals surface area contributed by atoms with Crippen molar-refractivity contribution >= 4 is 54.8 Å². The second kappa shape index (κ2) is 9.11. The molecule has 5 rings (SSSR count). The van der Waals surface area contributed by atoms with Crippen LogP contribution in [-0.2, 0) is 4.79 Å². The standard InChI is InChI=1S/C24H25AsFN5O4/c1-13(32)24(34)35-31-18-5-3-4-15(26)19(18)21(25)20(23(31)33)22-27-16-7-6-14(12-17(16)28-22)30-10-8-29(2)9-11-30/h3-7,12-13,32H,8-11,25H2,1-2H3,(H,27,28). The fraction of sp³-hybridized carbons (Fsp3) is 0.292. The minimum absolute atomic E-state index is 0.0978. The van der Waals surface area contributed by atoms with E-state index in [0.717, 1.165) is 59.0 Å². The number of hydrogen-bond donors (Lipinski definition) is 2. The Morgan fingerprint density at radius 3 is 2.69 bits per heavy atom. The van der Waals surface area contributed by atoms with Crippen molar-refractivity contribution in [2.24, 2.45) is 0 Å². The number of aromatic amines is 1. The second-order valence-electron chi connectivity index (χ2n) is 8.69. The topological polar surface area (TPSA) is 104 Å². The van der Waals surface area contributed by atoms with E-state index in [1.54, 1.807) is 0 Å². The maximum absolute atomic E-state index is 14.9. The Morgan fingerprint density at radius 1 is 1.23 bits per heavy atom. The number of halogens is 1. The fourth-order valence-electron chi connectivity index (χ4n) is 4.26. The molecule has 0 saturated carbocycles. The van der Waals surface area contributed by atoms with E-state index in [2.05, 4.69) is 26.8 Å². The molecule has 2 atom stereocenters. The summed E-state index contributed by atoms with van der Waals surface area (Å²) < 4.78 is 16.1. The van der Waals surface area contributed by atoms with Crippen molar-refractivity contribution in [1.82, 2.24) is 19.6 Å². The van der Waals surface area contributed by atoms with Gasteiger partial charge in [-0.05, 0) is 0 Å². The van der Waals surface area contributed by atoms with E-state index in [1.165, 1.54) is 25.1 Å². The third-order valence-corrected chi connectivity index (χ3v) is 7.45. The Morgan fingerprint density at radius 2 is 1.97 bits per heavy atom. The van der Waals surface area contributed by atoms with E-state index in [-0.39, 0.29) is 22.3 Å². The minimum atomic E-state index is -1.46. The number of aliphatic hydroxyl groups excluding tert-OH is 1. The number of aromatic nitrogens is 3. The van der Waals surface area contributed by atoms with Crippen molar-refractivity contribution in [3.8, 4) is 11.4 Å². The van der Waals surface area contributed by atoms with Gasteiger partial charge in [-0.3, -0.25) is 0 Å². The number of imidazole rings is 1. The zero-order chi connectivity index (χ0) is 24.9. The van der Waals surface area contributed by atoms with Crippen LogP contribution in [0, 0.1) is 5.82 Å². The van der Waals surface area contributed by atoms with Gasteiger partial charge in [-0.15, -0.1) is 0 Å². The van der Waals surface area contributed by atoms with Gasteiger partial charge in [0.2, 0.25) is 0 Å². The molecule has 1 aliphatic rings. The monoisotopic (exact) mass is 541 g/mol. The number of carbonyl (C=O) groups is 1. The van der Waals surface area contributed by atoms with E-state index in [0.29, 0.717) is 9.87 Å². The third kappa shape index (κ3) is 4.22. The van der Waals surface area contributed by atoms with Crippen molar-refractivity contribution in [3.05, 3.63) is 52.6 Å². The third-order valence-electron chi connectivity index (χ3n) is 6.24. The molecule has 0 amide bonds. The average molecular weight is 541 g/mol. The average Bonchev–Trinajstić information content (AvgIpc) is 3.24. The first kappa shape index (κ1) is 23.5. The Kier molecular flexibility index (Phi) is 6.12. The first-order chi connectivity index (χ1) is 16.7. The van der Waals surface area contributed by atoms with Crippen molar-refractivity contribution in [2.45, 2.75) is 13.0 Å². The number of hydrogen-bond acceptors (Lipinski definition) is 7. The molecular formula is C24H25AsFN5O4. The SMILES string of the molecule is CC(O)C(=O)On1c(=O)c(-c2nc3ccc(N4CCN(C)CC4)cc3[nH]2)c([AsH2])c2c(F)cccc21. The van der Waals surface area contributed by atoms with Gasteiger partial charge < -0.3 is 0 Å². The van der Waals surface area contributed by atoms with Crippen molar-refractivity contribution in [3.63, 3.8) is 0 Å². The molecule has 3 heterocycles. The molecule has 2 unspecified atom stereocenters. The molecule has 2 aromatic heterocycles. The Balaban J connectivity index is 1.66. The van der Waals surface area contributed by atoms with Crippen LogP contribution < -0.4 is 19.6 Å². The van der Waals surface area contributed by atoms with Crippen molar-refractivity contribution in [1.29, 1.82) is 0 Å². The van der Waals surface area contributed by atoms with Crippen LogP contribution in [0.25, 0.3) is 33.3 Å². The van der Waals surface area contributed by atoms with E-state index in [1.807, 2.05) is 18.2 Å². The first-order valence-electron chi connectivity index (χ1n) is 11.2. The van der Waals surface area contributed by atoms with Gasteiger partial charge in [0.25, 0.3) is 0 Å². The number of anilines is 1. The molecule has 9 nitrogen and oxygen atoms in total. The Labute approximate surface area is 208 Å². The zero-order valence-corrected chi connectivity index (χ0v) is 21.7. The molecule has 1 saturated heterocycles. The summed E-state index contributed by atoms with van der Waals surface area (Å²) in [5.41, 5.74) is 1.98. The summed E-state index contributed by atoms with van der Waals surface area (Å²) in [7, 11) is 2.10. The van der Waals surface area contributed by atoms with Gasteiger partial charge in [0.05, 0.1) is 0 Å². The fourth-order valence-corrected chi connectivity index (χ4v) is 5.41.